The highest BCUT2D eigenvalue weighted by molar-refractivity contribution is 9.11. The highest BCUT2D eigenvalue weighted by atomic mass is 79.9. The molecule has 1 aromatic rings. The molecule has 1 amide bonds. The van der Waals surface area contributed by atoms with E-state index in [0.29, 0.717) is 6.54 Å². The van der Waals surface area contributed by atoms with Gasteiger partial charge in [0.05, 0.1) is 16.8 Å². The highest BCUT2D eigenvalue weighted by Gasteiger charge is 2.17. The molecule has 0 bridgehead atoms. The minimum absolute atomic E-state index is 0.139. The quantitative estimate of drug-likeness (QED) is 0.608. The van der Waals surface area contributed by atoms with Crippen LogP contribution in [0.5, 0.6) is 0 Å². The zero-order chi connectivity index (χ0) is 14.4. The van der Waals surface area contributed by atoms with Crippen LogP contribution in [-0.2, 0) is 14.3 Å². The van der Waals surface area contributed by atoms with E-state index in [1.165, 1.54) is 18.1 Å². The lowest BCUT2D eigenvalue weighted by atomic mass is 10.2. The van der Waals surface area contributed by atoms with Crippen LogP contribution in [0.4, 0.5) is 0 Å². The number of esters is 1. The van der Waals surface area contributed by atoms with Crippen LogP contribution < -0.4 is 0 Å². The number of rotatable bonds is 5. The van der Waals surface area contributed by atoms with Gasteiger partial charge in [-0.2, -0.15) is 0 Å². The first-order chi connectivity index (χ1) is 8.93. The molecule has 1 unspecified atom stereocenters. The van der Waals surface area contributed by atoms with Gasteiger partial charge in [-0.3, -0.25) is 9.59 Å². The fourth-order valence-electron chi connectivity index (χ4n) is 1.47. The van der Waals surface area contributed by atoms with Gasteiger partial charge >= 0.3 is 5.97 Å². The molecular weight excluding hydrogens is 330 g/mol. The van der Waals surface area contributed by atoms with Crippen molar-refractivity contribution >= 4 is 45.2 Å². The topological polar surface area (TPSA) is 46.6 Å². The van der Waals surface area contributed by atoms with Crippen LogP contribution in [-0.4, -0.2) is 37.5 Å². The third-order valence-corrected chi connectivity index (χ3v) is 4.10. The average molecular weight is 346 g/mol. The van der Waals surface area contributed by atoms with Gasteiger partial charge in [-0.05, 0) is 34.1 Å². The molecule has 1 heterocycles. The summed E-state index contributed by atoms with van der Waals surface area (Å²) in [5, 5.41) is 0. The Morgan fingerprint density at radius 1 is 1.53 bits per heavy atom. The maximum absolute atomic E-state index is 11.8. The number of thiophene rings is 1. The Kier molecular flexibility index (Phi) is 6.24. The summed E-state index contributed by atoms with van der Waals surface area (Å²) in [6.45, 7) is 2.07. The summed E-state index contributed by atoms with van der Waals surface area (Å²) in [5.74, 6) is -0.783. The first-order valence-electron chi connectivity index (χ1n) is 5.70. The van der Waals surface area contributed by atoms with E-state index in [0.717, 1.165) is 8.66 Å². The van der Waals surface area contributed by atoms with Gasteiger partial charge in [-0.1, -0.05) is 6.92 Å². The molecule has 0 spiro atoms. The van der Waals surface area contributed by atoms with Crippen molar-refractivity contribution in [3.63, 3.8) is 0 Å². The largest absolute Gasteiger partial charge is 0.469 e. The second-order valence-electron chi connectivity index (χ2n) is 4.12. The highest BCUT2D eigenvalue weighted by Crippen LogP contribution is 2.23. The van der Waals surface area contributed by atoms with Gasteiger partial charge in [0, 0.05) is 24.5 Å². The molecule has 0 aromatic carbocycles. The second kappa shape index (κ2) is 7.45. The minimum atomic E-state index is -0.330. The number of likely N-dealkylation sites (N-methyl/N-ethyl adjacent to an activating group) is 1. The molecule has 0 fully saturated rings. The lowest BCUT2D eigenvalue weighted by Gasteiger charge is -2.18. The van der Waals surface area contributed by atoms with Crippen molar-refractivity contribution in [2.24, 2.45) is 5.92 Å². The van der Waals surface area contributed by atoms with E-state index in [1.54, 1.807) is 31.4 Å². The van der Waals surface area contributed by atoms with Gasteiger partial charge in [0.25, 0.3) is 0 Å². The van der Waals surface area contributed by atoms with E-state index < -0.39 is 0 Å². The van der Waals surface area contributed by atoms with E-state index >= 15 is 0 Å². The zero-order valence-corrected chi connectivity index (χ0v) is 13.5. The molecule has 19 heavy (non-hydrogen) atoms. The Hall–Kier alpha value is -1.14. The van der Waals surface area contributed by atoms with E-state index in [4.69, 9.17) is 0 Å². The molecule has 0 saturated heterocycles. The molecule has 1 aromatic heterocycles. The molecule has 0 saturated carbocycles. The molecule has 0 aliphatic carbocycles. The number of hydrogen-bond acceptors (Lipinski definition) is 4. The van der Waals surface area contributed by atoms with E-state index in [-0.39, 0.29) is 17.8 Å². The molecule has 6 heteroatoms. The molecule has 0 aliphatic heterocycles. The number of ether oxygens (including phenoxy) is 1. The number of amides is 1. The second-order valence-corrected chi connectivity index (χ2v) is 6.61. The van der Waals surface area contributed by atoms with Crippen LogP contribution in [0.15, 0.2) is 22.0 Å². The van der Waals surface area contributed by atoms with Crippen molar-refractivity contribution in [2.75, 3.05) is 20.7 Å². The number of methoxy groups -OCH3 is 1. The van der Waals surface area contributed by atoms with E-state index in [1.807, 2.05) is 12.1 Å². The number of carbonyl (C=O) groups is 2. The van der Waals surface area contributed by atoms with Gasteiger partial charge in [0.2, 0.25) is 5.91 Å². The van der Waals surface area contributed by atoms with Gasteiger partial charge in [0.1, 0.15) is 0 Å². The monoisotopic (exact) mass is 345 g/mol. The predicted octanol–water partition coefficient (Wildman–Crippen LogP) is 2.79. The van der Waals surface area contributed by atoms with Gasteiger partial charge in [0.15, 0.2) is 0 Å². The molecular formula is C13H16BrNO3S. The first-order valence-corrected chi connectivity index (χ1v) is 7.31. The van der Waals surface area contributed by atoms with Crippen LogP contribution in [0.2, 0.25) is 0 Å². The fraction of sp³-hybridized carbons (Fsp3) is 0.385. The summed E-state index contributed by atoms with van der Waals surface area (Å²) in [5.41, 5.74) is 0. The van der Waals surface area contributed by atoms with Crippen molar-refractivity contribution in [3.8, 4) is 0 Å². The molecule has 0 radical (unpaired) electrons. The Balaban J connectivity index is 2.53. The predicted molar refractivity (Wildman–Crippen MR) is 79.9 cm³/mol. The minimum Gasteiger partial charge on any atom is -0.469 e. The van der Waals surface area contributed by atoms with Gasteiger partial charge in [-0.25, -0.2) is 0 Å². The maximum atomic E-state index is 11.8. The Labute approximate surface area is 125 Å². The smallest absolute Gasteiger partial charge is 0.310 e. The average Bonchev–Trinajstić information content (AvgIpc) is 2.80. The summed E-state index contributed by atoms with van der Waals surface area (Å²) in [6, 6.07) is 3.85. The molecule has 1 atom stereocenters. The maximum Gasteiger partial charge on any atom is 0.310 e. The third kappa shape index (κ3) is 5.16. The number of halogens is 1. The molecule has 4 nitrogen and oxygen atoms in total. The SMILES string of the molecule is COC(=O)C(C)CN(C)C(=O)/C=C/c1ccc(Br)s1. The lowest BCUT2D eigenvalue weighted by Crippen LogP contribution is -2.33. The van der Waals surface area contributed by atoms with Crippen LogP contribution in [0.1, 0.15) is 11.8 Å². The van der Waals surface area contributed by atoms with Crippen molar-refractivity contribution < 1.29 is 14.3 Å². The summed E-state index contributed by atoms with van der Waals surface area (Å²) in [4.78, 5) is 25.6. The Bertz CT molecular complexity index is 484. The Morgan fingerprint density at radius 2 is 2.21 bits per heavy atom. The molecule has 0 N–H and O–H groups in total. The lowest BCUT2D eigenvalue weighted by molar-refractivity contribution is -0.145. The fourth-order valence-corrected chi connectivity index (χ4v) is 2.80. The van der Waals surface area contributed by atoms with Crippen molar-refractivity contribution in [1.29, 1.82) is 0 Å². The summed E-state index contributed by atoms with van der Waals surface area (Å²) in [7, 11) is 3.01. The van der Waals surface area contributed by atoms with Crippen molar-refractivity contribution in [2.45, 2.75) is 6.92 Å². The number of nitrogens with zero attached hydrogens (tertiary/aromatic N) is 1. The first kappa shape index (κ1) is 15.9. The van der Waals surface area contributed by atoms with Crippen molar-refractivity contribution in [1.82, 2.24) is 4.90 Å². The Morgan fingerprint density at radius 3 is 2.74 bits per heavy atom. The van der Waals surface area contributed by atoms with Gasteiger partial charge < -0.3 is 9.64 Å². The summed E-state index contributed by atoms with van der Waals surface area (Å²) >= 11 is 4.91. The molecule has 0 aliphatic rings. The normalized spacial score (nSPS) is 12.4. The summed E-state index contributed by atoms with van der Waals surface area (Å²) < 4.78 is 5.65. The van der Waals surface area contributed by atoms with Crippen molar-refractivity contribution in [3.05, 3.63) is 26.9 Å². The van der Waals surface area contributed by atoms with Crippen LogP contribution in [0.3, 0.4) is 0 Å². The zero-order valence-electron chi connectivity index (χ0n) is 11.1. The van der Waals surface area contributed by atoms with E-state index in [9.17, 15) is 9.59 Å². The van der Waals surface area contributed by atoms with Crippen LogP contribution in [0.25, 0.3) is 6.08 Å². The third-order valence-electron chi connectivity index (χ3n) is 2.51. The molecule has 1 rings (SSSR count). The van der Waals surface area contributed by atoms with Gasteiger partial charge in [-0.15, -0.1) is 11.3 Å². The van der Waals surface area contributed by atoms with Crippen LogP contribution in [0, 0.1) is 5.92 Å². The van der Waals surface area contributed by atoms with Crippen LogP contribution >= 0.6 is 27.3 Å². The van der Waals surface area contributed by atoms with E-state index in [2.05, 4.69) is 20.7 Å². The summed E-state index contributed by atoms with van der Waals surface area (Å²) in [6.07, 6.45) is 3.26. The standard InChI is InChI=1S/C13H16BrNO3S/c1-9(13(17)18-3)8-15(2)12(16)7-5-10-4-6-11(14)19-10/h4-7,9H,8H2,1-3H3/b7-5+. The number of carbonyl (C=O) groups excluding carboxylic acids is 2. The molecule has 104 valence electrons. The number of hydrogen-bond donors (Lipinski definition) is 0.